The third-order valence-electron chi connectivity index (χ3n) is 0.430. The Morgan fingerprint density at radius 1 is 1.86 bits per heavy atom. The highest BCUT2D eigenvalue weighted by atomic mass is 31.1. The Morgan fingerprint density at radius 2 is 2.43 bits per heavy atom. The zero-order chi connectivity index (χ0) is 5.70. The highest BCUT2D eigenvalue weighted by molar-refractivity contribution is 7.32. The summed E-state index contributed by atoms with van der Waals surface area (Å²) in [6, 6.07) is 0. The van der Waals surface area contributed by atoms with Crippen molar-refractivity contribution in [3.8, 4) is 0 Å². The standard InChI is InChI=1S/C3H9O3P/c1-2-3-6-7(4)5/h7H,2-3H2,1H3,(H,4,5). The van der Waals surface area contributed by atoms with E-state index in [1.807, 2.05) is 6.92 Å². The van der Waals surface area contributed by atoms with Crippen molar-refractivity contribution in [2.75, 3.05) is 6.61 Å². The van der Waals surface area contributed by atoms with Gasteiger partial charge >= 0.3 is 8.25 Å². The second-order valence-electron chi connectivity index (χ2n) is 1.11. The van der Waals surface area contributed by atoms with Gasteiger partial charge in [0.2, 0.25) is 0 Å². The summed E-state index contributed by atoms with van der Waals surface area (Å²) in [5, 5.41) is 0. The van der Waals surface area contributed by atoms with Gasteiger partial charge in [0.1, 0.15) is 0 Å². The molecule has 0 fully saturated rings. The van der Waals surface area contributed by atoms with Gasteiger partial charge in [-0.3, -0.25) is 4.57 Å². The molecule has 0 aromatic carbocycles. The fourth-order valence-corrected chi connectivity index (χ4v) is 0.568. The number of rotatable bonds is 3. The molecule has 0 rings (SSSR count). The van der Waals surface area contributed by atoms with Gasteiger partial charge in [-0.25, -0.2) is 0 Å². The van der Waals surface area contributed by atoms with Crippen molar-refractivity contribution in [2.24, 2.45) is 0 Å². The largest absolute Gasteiger partial charge is 0.326 e. The first-order valence-corrected chi connectivity index (χ1v) is 3.39. The predicted molar refractivity (Wildman–Crippen MR) is 27.5 cm³/mol. The van der Waals surface area contributed by atoms with E-state index in [-0.39, 0.29) is 0 Å². The molecule has 0 amide bonds. The molecular formula is C3H9O3P. The van der Waals surface area contributed by atoms with Crippen LogP contribution in [-0.4, -0.2) is 11.5 Å². The molecule has 3 nitrogen and oxygen atoms in total. The Labute approximate surface area is 43.3 Å². The molecule has 1 atom stereocenters. The van der Waals surface area contributed by atoms with Crippen molar-refractivity contribution >= 4 is 8.25 Å². The summed E-state index contributed by atoms with van der Waals surface area (Å²) in [6.07, 6.45) is 0.789. The minimum Gasteiger partial charge on any atom is -0.326 e. The minimum absolute atomic E-state index is 0.383. The topological polar surface area (TPSA) is 46.5 Å². The molecule has 0 bridgehead atoms. The lowest BCUT2D eigenvalue weighted by Crippen LogP contribution is -1.79. The van der Waals surface area contributed by atoms with Gasteiger partial charge in [-0.15, -0.1) is 0 Å². The van der Waals surface area contributed by atoms with Crippen LogP contribution < -0.4 is 0 Å². The van der Waals surface area contributed by atoms with Crippen LogP contribution in [0.4, 0.5) is 0 Å². The molecule has 1 unspecified atom stereocenters. The third kappa shape index (κ3) is 6.15. The van der Waals surface area contributed by atoms with E-state index < -0.39 is 8.25 Å². The second kappa shape index (κ2) is 4.31. The minimum atomic E-state index is -2.65. The SMILES string of the molecule is CCCO[PH](=O)O. The Morgan fingerprint density at radius 3 is 2.57 bits per heavy atom. The predicted octanol–water partition coefficient (Wildman–Crippen LogP) is 0.795. The molecule has 0 saturated heterocycles. The lowest BCUT2D eigenvalue weighted by molar-refractivity contribution is 0.282. The molecule has 1 N–H and O–H groups in total. The summed E-state index contributed by atoms with van der Waals surface area (Å²) in [4.78, 5) is 8.01. The van der Waals surface area contributed by atoms with Gasteiger partial charge < -0.3 is 9.42 Å². The third-order valence-corrected chi connectivity index (χ3v) is 0.881. The molecule has 0 heterocycles. The molecule has 4 heteroatoms. The second-order valence-corrected chi connectivity index (χ2v) is 1.93. The molecule has 0 aliphatic carbocycles. The number of hydrogen-bond acceptors (Lipinski definition) is 2. The molecule has 7 heavy (non-hydrogen) atoms. The first-order valence-electron chi connectivity index (χ1n) is 2.13. The summed E-state index contributed by atoms with van der Waals surface area (Å²) in [5.74, 6) is 0. The maximum atomic E-state index is 9.72. The van der Waals surface area contributed by atoms with Crippen LogP contribution in [0.3, 0.4) is 0 Å². The quantitative estimate of drug-likeness (QED) is 0.566. The summed E-state index contributed by atoms with van der Waals surface area (Å²) >= 11 is 0. The van der Waals surface area contributed by atoms with Gasteiger partial charge in [-0.1, -0.05) is 6.92 Å². The van der Waals surface area contributed by atoms with Gasteiger partial charge in [-0.05, 0) is 6.42 Å². The fraction of sp³-hybridized carbons (Fsp3) is 1.00. The zero-order valence-electron chi connectivity index (χ0n) is 4.18. The molecule has 0 radical (unpaired) electrons. The smallest absolute Gasteiger partial charge is 0.316 e. The van der Waals surface area contributed by atoms with Gasteiger partial charge in [0.25, 0.3) is 0 Å². The van der Waals surface area contributed by atoms with Crippen LogP contribution in [0, 0.1) is 0 Å². The van der Waals surface area contributed by atoms with Gasteiger partial charge in [-0.2, -0.15) is 0 Å². The van der Waals surface area contributed by atoms with E-state index in [1.165, 1.54) is 0 Å². The van der Waals surface area contributed by atoms with E-state index in [9.17, 15) is 4.57 Å². The zero-order valence-corrected chi connectivity index (χ0v) is 5.18. The molecular weight excluding hydrogens is 115 g/mol. The summed E-state index contributed by atoms with van der Waals surface area (Å²) in [6.45, 7) is 2.26. The molecule has 0 aliphatic rings. The first-order chi connectivity index (χ1) is 3.27. The highest BCUT2D eigenvalue weighted by Gasteiger charge is 1.85. The van der Waals surface area contributed by atoms with Crippen molar-refractivity contribution in [3.63, 3.8) is 0 Å². The van der Waals surface area contributed by atoms with E-state index >= 15 is 0 Å². The molecule has 44 valence electrons. The summed E-state index contributed by atoms with van der Waals surface area (Å²) in [7, 11) is -2.65. The molecule has 0 saturated carbocycles. The normalized spacial score (nSPS) is 14.0. The van der Waals surface area contributed by atoms with Crippen molar-refractivity contribution in [1.29, 1.82) is 0 Å². The van der Waals surface area contributed by atoms with E-state index in [2.05, 4.69) is 4.52 Å². The molecule has 0 aliphatic heterocycles. The highest BCUT2D eigenvalue weighted by Crippen LogP contribution is 2.13. The lowest BCUT2D eigenvalue weighted by atomic mass is 10.5. The molecule has 0 aromatic rings. The Balaban J connectivity index is 2.82. The first kappa shape index (κ1) is 7.15. The van der Waals surface area contributed by atoms with E-state index in [4.69, 9.17) is 4.89 Å². The van der Waals surface area contributed by atoms with Gasteiger partial charge in [0.05, 0.1) is 6.61 Å². The summed E-state index contributed by atoms with van der Waals surface area (Å²) in [5.41, 5.74) is 0. The molecule has 0 aromatic heterocycles. The van der Waals surface area contributed by atoms with E-state index in [0.717, 1.165) is 6.42 Å². The van der Waals surface area contributed by atoms with Crippen LogP contribution in [0.2, 0.25) is 0 Å². The van der Waals surface area contributed by atoms with Crippen molar-refractivity contribution in [1.82, 2.24) is 0 Å². The Hall–Kier alpha value is 0.150. The Bertz CT molecular complexity index is 63.2. The van der Waals surface area contributed by atoms with Crippen molar-refractivity contribution in [3.05, 3.63) is 0 Å². The van der Waals surface area contributed by atoms with Gasteiger partial charge in [0, 0.05) is 0 Å². The van der Waals surface area contributed by atoms with Crippen LogP contribution in [-0.2, 0) is 9.09 Å². The maximum absolute atomic E-state index is 9.72. The monoisotopic (exact) mass is 124 g/mol. The van der Waals surface area contributed by atoms with Crippen LogP contribution in [0.15, 0.2) is 0 Å². The number of hydrogen-bond donors (Lipinski definition) is 1. The van der Waals surface area contributed by atoms with E-state index in [1.54, 1.807) is 0 Å². The average Bonchev–Trinajstić information content (AvgIpc) is 1.61. The lowest BCUT2D eigenvalue weighted by Gasteiger charge is -1.91. The summed E-state index contributed by atoms with van der Waals surface area (Å²) < 4.78 is 14.0. The van der Waals surface area contributed by atoms with Crippen molar-refractivity contribution < 1.29 is 14.0 Å². The maximum Gasteiger partial charge on any atom is 0.316 e. The van der Waals surface area contributed by atoms with Crippen LogP contribution in [0.1, 0.15) is 13.3 Å². The van der Waals surface area contributed by atoms with Crippen molar-refractivity contribution in [2.45, 2.75) is 13.3 Å². The Kier molecular flexibility index (Phi) is 4.41. The average molecular weight is 124 g/mol. The van der Waals surface area contributed by atoms with E-state index in [0.29, 0.717) is 6.61 Å². The molecule has 0 spiro atoms. The van der Waals surface area contributed by atoms with Crippen LogP contribution >= 0.6 is 8.25 Å². The van der Waals surface area contributed by atoms with Crippen LogP contribution in [0.5, 0.6) is 0 Å². The fourth-order valence-electron chi connectivity index (χ4n) is 0.189. The van der Waals surface area contributed by atoms with Crippen LogP contribution in [0.25, 0.3) is 0 Å². The van der Waals surface area contributed by atoms with Gasteiger partial charge in [0.15, 0.2) is 0 Å².